The van der Waals surface area contributed by atoms with Gasteiger partial charge in [-0.05, 0) is 44.0 Å². The summed E-state index contributed by atoms with van der Waals surface area (Å²) >= 11 is 0. The lowest BCUT2D eigenvalue weighted by Crippen LogP contribution is -2.35. The second kappa shape index (κ2) is 9.30. The molecule has 8 nitrogen and oxygen atoms in total. The van der Waals surface area contributed by atoms with Crippen molar-refractivity contribution in [2.45, 2.75) is 44.0 Å². The second-order valence-corrected chi connectivity index (χ2v) is 9.81. The zero-order chi connectivity index (χ0) is 22.7. The van der Waals surface area contributed by atoms with E-state index in [9.17, 15) is 18.0 Å². The van der Waals surface area contributed by atoms with Crippen LogP contribution >= 0.6 is 0 Å². The highest BCUT2D eigenvalue weighted by atomic mass is 32.2. The molecule has 1 saturated heterocycles. The second-order valence-electron chi connectivity index (χ2n) is 7.88. The molecule has 0 radical (unpaired) electrons. The molecule has 0 bridgehead atoms. The first-order valence-corrected chi connectivity index (χ1v) is 12.3. The third-order valence-electron chi connectivity index (χ3n) is 5.82. The number of amides is 1. The van der Waals surface area contributed by atoms with Crippen LogP contribution in [0.15, 0.2) is 62.6 Å². The minimum atomic E-state index is -3.67. The number of carbonyl (C=O) groups excluding carboxylic acids is 1. The summed E-state index contributed by atoms with van der Waals surface area (Å²) in [7, 11) is -3.67. The monoisotopic (exact) mass is 457 g/mol. The van der Waals surface area contributed by atoms with Crippen molar-refractivity contribution >= 4 is 32.7 Å². The summed E-state index contributed by atoms with van der Waals surface area (Å²) in [5.41, 5.74) is 1.29. The number of rotatable bonds is 6. The Hall–Kier alpha value is -2.91. The van der Waals surface area contributed by atoms with Crippen LogP contribution in [0, 0.1) is 0 Å². The van der Waals surface area contributed by atoms with Gasteiger partial charge < -0.3 is 9.32 Å². The van der Waals surface area contributed by atoms with Gasteiger partial charge in [-0.1, -0.05) is 31.0 Å². The SMILES string of the molecule is CCN(C(=O)Cn1c(=O)oc2cc(S(=O)(=O)N3CCCCCC3)ccc21)c1ccccc1. The maximum atomic E-state index is 13.1. The third kappa shape index (κ3) is 4.35. The highest BCUT2D eigenvalue weighted by molar-refractivity contribution is 7.89. The van der Waals surface area contributed by atoms with Gasteiger partial charge in [0.05, 0.1) is 10.4 Å². The maximum absolute atomic E-state index is 13.1. The standard InChI is InChI=1S/C23H27N3O5S/c1-2-25(18-10-6-5-7-11-18)22(27)17-26-20-13-12-19(16-21(20)31-23(26)28)32(29,30)24-14-8-3-4-9-15-24/h5-7,10-13,16H,2-4,8-9,14-15,17H2,1H3. The van der Waals surface area contributed by atoms with Gasteiger partial charge >= 0.3 is 5.76 Å². The van der Waals surface area contributed by atoms with Crippen LogP contribution in [0.3, 0.4) is 0 Å². The number of benzene rings is 2. The Morgan fingerprint density at radius 2 is 1.72 bits per heavy atom. The molecule has 1 aromatic heterocycles. The predicted octanol–water partition coefficient (Wildman–Crippen LogP) is 3.21. The van der Waals surface area contributed by atoms with Crippen molar-refractivity contribution in [1.29, 1.82) is 0 Å². The molecule has 2 aromatic carbocycles. The molecule has 0 unspecified atom stereocenters. The van der Waals surface area contributed by atoms with Crippen molar-refractivity contribution in [3.05, 3.63) is 59.1 Å². The summed E-state index contributed by atoms with van der Waals surface area (Å²) in [6.07, 6.45) is 3.72. The van der Waals surface area contributed by atoms with Gasteiger partial charge in [0.15, 0.2) is 5.58 Å². The molecule has 4 rings (SSSR count). The average Bonchev–Trinajstić information content (AvgIpc) is 2.96. The van der Waals surface area contributed by atoms with E-state index in [4.69, 9.17) is 4.42 Å². The van der Waals surface area contributed by atoms with Gasteiger partial charge in [-0.15, -0.1) is 0 Å². The van der Waals surface area contributed by atoms with Crippen LogP contribution in [0.5, 0.6) is 0 Å². The lowest BCUT2D eigenvalue weighted by atomic mass is 10.2. The lowest BCUT2D eigenvalue weighted by Gasteiger charge is -2.21. The van der Waals surface area contributed by atoms with Crippen LogP contribution in [0.1, 0.15) is 32.6 Å². The minimum absolute atomic E-state index is 0.0959. The van der Waals surface area contributed by atoms with Crippen LogP contribution in [0.2, 0.25) is 0 Å². The third-order valence-corrected chi connectivity index (χ3v) is 7.72. The number of oxazole rings is 1. The van der Waals surface area contributed by atoms with Gasteiger partial charge in [-0.2, -0.15) is 4.31 Å². The Morgan fingerprint density at radius 3 is 2.38 bits per heavy atom. The molecule has 2 heterocycles. The average molecular weight is 458 g/mol. The highest BCUT2D eigenvalue weighted by Gasteiger charge is 2.26. The zero-order valence-corrected chi connectivity index (χ0v) is 18.9. The number of anilines is 1. The quantitative estimate of drug-likeness (QED) is 0.567. The van der Waals surface area contributed by atoms with Gasteiger partial charge in [0.25, 0.3) is 0 Å². The number of likely N-dealkylation sites (N-methyl/N-ethyl adjacent to an activating group) is 1. The molecule has 32 heavy (non-hydrogen) atoms. The summed E-state index contributed by atoms with van der Waals surface area (Å²) in [6, 6.07) is 13.6. The molecular weight excluding hydrogens is 430 g/mol. The van der Waals surface area contributed by atoms with Crippen LogP contribution in [-0.4, -0.2) is 42.8 Å². The van der Waals surface area contributed by atoms with Gasteiger partial charge in [0.2, 0.25) is 15.9 Å². The van der Waals surface area contributed by atoms with Crippen molar-refractivity contribution in [1.82, 2.24) is 8.87 Å². The Bertz CT molecular complexity index is 1260. The maximum Gasteiger partial charge on any atom is 0.420 e. The number of aromatic nitrogens is 1. The molecule has 1 aliphatic rings. The van der Waals surface area contributed by atoms with E-state index in [2.05, 4.69) is 0 Å². The Kier molecular flexibility index (Phi) is 6.48. The van der Waals surface area contributed by atoms with E-state index < -0.39 is 15.8 Å². The van der Waals surface area contributed by atoms with Crippen LogP contribution < -0.4 is 10.7 Å². The predicted molar refractivity (Wildman–Crippen MR) is 122 cm³/mol. The molecule has 1 amide bonds. The van der Waals surface area contributed by atoms with Crippen LogP contribution in [-0.2, 0) is 21.4 Å². The molecule has 0 saturated carbocycles. The minimum Gasteiger partial charge on any atom is -0.408 e. The Labute approximate surface area is 187 Å². The Morgan fingerprint density at radius 1 is 1.03 bits per heavy atom. The summed E-state index contributed by atoms with van der Waals surface area (Å²) < 4.78 is 34.2. The van der Waals surface area contributed by atoms with Crippen molar-refractivity contribution in [2.75, 3.05) is 24.5 Å². The van der Waals surface area contributed by atoms with Crippen molar-refractivity contribution < 1.29 is 17.6 Å². The van der Waals surface area contributed by atoms with Gasteiger partial charge in [-0.3, -0.25) is 9.36 Å². The van der Waals surface area contributed by atoms with E-state index >= 15 is 0 Å². The first kappa shape index (κ1) is 22.3. The molecule has 0 spiro atoms. The zero-order valence-electron chi connectivity index (χ0n) is 18.1. The van der Waals surface area contributed by atoms with E-state index in [1.54, 1.807) is 4.90 Å². The molecule has 3 aromatic rings. The smallest absolute Gasteiger partial charge is 0.408 e. The topological polar surface area (TPSA) is 92.8 Å². The fraction of sp³-hybridized carbons (Fsp3) is 0.391. The molecule has 0 atom stereocenters. The van der Waals surface area contributed by atoms with Crippen LogP contribution in [0.4, 0.5) is 5.69 Å². The summed E-state index contributed by atoms with van der Waals surface area (Å²) in [4.78, 5) is 27.1. The van der Waals surface area contributed by atoms with E-state index in [0.717, 1.165) is 31.4 Å². The summed E-state index contributed by atoms with van der Waals surface area (Å²) in [6.45, 7) is 3.10. The summed E-state index contributed by atoms with van der Waals surface area (Å²) in [5.74, 6) is -0.952. The number of para-hydroxylation sites is 1. The number of sulfonamides is 1. The molecule has 0 N–H and O–H groups in total. The van der Waals surface area contributed by atoms with Crippen molar-refractivity contribution in [3.8, 4) is 0 Å². The van der Waals surface area contributed by atoms with Crippen molar-refractivity contribution in [3.63, 3.8) is 0 Å². The number of hydrogen-bond acceptors (Lipinski definition) is 5. The number of nitrogens with zero attached hydrogens (tertiary/aromatic N) is 3. The fourth-order valence-electron chi connectivity index (χ4n) is 4.12. The normalized spacial score (nSPS) is 15.5. The largest absolute Gasteiger partial charge is 0.420 e. The Balaban J connectivity index is 1.63. The molecular formula is C23H27N3O5S. The lowest BCUT2D eigenvalue weighted by molar-refractivity contribution is -0.119. The molecule has 0 aliphatic carbocycles. The molecule has 1 fully saturated rings. The number of carbonyl (C=O) groups is 1. The fourth-order valence-corrected chi connectivity index (χ4v) is 5.65. The number of fused-ring (bicyclic) bond motifs is 1. The van der Waals surface area contributed by atoms with Gasteiger partial charge in [0, 0.05) is 31.4 Å². The van der Waals surface area contributed by atoms with E-state index in [0.29, 0.717) is 25.2 Å². The molecule has 170 valence electrons. The first-order chi connectivity index (χ1) is 15.4. The highest BCUT2D eigenvalue weighted by Crippen LogP contribution is 2.24. The van der Waals surface area contributed by atoms with E-state index in [1.807, 2.05) is 37.3 Å². The molecule has 9 heteroatoms. The first-order valence-electron chi connectivity index (χ1n) is 10.9. The molecule has 1 aliphatic heterocycles. The van der Waals surface area contributed by atoms with Crippen molar-refractivity contribution in [2.24, 2.45) is 0 Å². The van der Waals surface area contributed by atoms with E-state index in [-0.39, 0.29) is 22.9 Å². The summed E-state index contributed by atoms with van der Waals surface area (Å²) in [5, 5.41) is 0. The van der Waals surface area contributed by atoms with Crippen LogP contribution in [0.25, 0.3) is 11.1 Å². The number of hydrogen-bond donors (Lipinski definition) is 0. The van der Waals surface area contributed by atoms with E-state index in [1.165, 1.54) is 27.1 Å². The van der Waals surface area contributed by atoms with Gasteiger partial charge in [0.1, 0.15) is 6.54 Å². The van der Waals surface area contributed by atoms with Gasteiger partial charge in [-0.25, -0.2) is 13.2 Å².